The molecule has 0 unspecified atom stereocenters. The normalized spacial score (nSPS) is 12.1. The maximum atomic E-state index is 4.50. The number of rotatable bonds is 6. The second kappa shape index (κ2) is 6.20. The van der Waals surface area contributed by atoms with Gasteiger partial charge in [-0.15, -0.1) is 0 Å². The summed E-state index contributed by atoms with van der Waals surface area (Å²) >= 11 is 0. The van der Waals surface area contributed by atoms with Crippen LogP contribution in [0.2, 0.25) is 0 Å². The standard InChI is InChI=1S/C14H27N3/c1-6-8-13-12(10-15-14(3,4)5)11-16-17(13)9-7-2/h11,15H,6-10H2,1-5H3. The van der Waals surface area contributed by atoms with Crippen molar-refractivity contribution in [3.05, 3.63) is 17.5 Å². The maximum absolute atomic E-state index is 4.50. The highest BCUT2D eigenvalue weighted by atomic mass is 15.3. The highest BCUT2D eigenvalue weighted by Crippen LogP contribution is 2.13. The Balaban J connectivity index is 2.76. The van der Waals surface area contributed by atoms with E-state index in [-0.39, 0.29) is 5.54 Å². The predicted molar refractivity (Wildman–Crippen MR) is 73.1 cm³/mol. The van der Waals surface area contributed by atoms with Gasteiger partial charge in [0.15, 0.2) is 0 Å². The summed E-state index contributed by atoms with van der Waals surface area (Å²) in [6, 6.07) is 0. The second-order valence-electron chi connectivity index (χ2n) is 5.69. The molecule has 98 valence electrons. The lowest BCUT2D eigenvalue weighted by molar-refractivity contribution is 0.423. The molecule has 1 aromatic heterocycles. The van der Waals surface area contributed by atoms with E-state index in [9.17, 15) is 0 Å². The number of aryl methyl sites for hydroxylation is 1. The summed E-state index contributed by atoms with van der Waals surface area (Å²) in [5, 5.41) is 8.04. The van der Waals surface area contributed by atoms with Gasteiger partial charge < -0.3 is 5.32 Å². The molecule has 0 fully saturated rings. The van der Waals surface area contributed by atoms with Crippen LogP contribution in [0.25, 0.3) is 0 Å². The molecule has 0 amide bonds. The third kappa shape index (κ3) is 4.50. The topological polar surface area (TPSA) is 29.9 Å². The summed E-state index contributed by atoms with van der Waals surface area (Å²) < 4.78 is 2.17. The van der Waals surface area contributed by atoms with Crippen molar-refractivity contribution in [2.45, 2.75) is 72.5 Å². The first-order chi connectivity index (χ1) is 7.98. The molecular weight excluding hydrogens is 210 g/mol. The van der Waals surface area contributed by atoms with Gasteiger partial charge in [-0.2, -0.15) is 5.10 Å². The van der Waals surface area contributed by atoms with Gasteiger partial charge >= 0.3 is 0 Å². The minimum Gasteiger partial charge on any atom is -0.308 e. The van der Waals surface area contributed by atoms with Crippen LogP contribution < -0.4 is 5.32 Å². The van der Waals surface area contributed by atoms with E-state index in [4.69, 9.17) is 0 Å². The molecule has 1 rings (SSSR count). The van der Waals surface area contributed by atoms with E-state index in [0.717, 1.165) is 25.9 Å². The van der Waals surface area contributed by atoms with Crippen molar-refractivity contribution < 1.29 is 0 Å². The zero-order chi connectivity index (χ0) is 12.9. The molecule has 3 nitrogen and oxygen atoms in total. The molecule has 0 radical (unpaired) electrons. The Hall–Kier alpha value is -0.830. The molecule has 0 atom stereocenters. The Labute approximate surface area is 106 Å². The van der Waals surface area contributed by atoms with Gasteiger partial charge in [-0.05, 0) is 33.6 Å². The quantitative estimate of drug-likeness (QED) is 0.824. The molecule has 0 aromatic carbocycles. The lowest BCUT2D eigenvalue weighted by Gasteiger charge is -2.20. The molecule has 0 bridgehead atoms. The van der Waals surface area contributed by atoms with E-state index >= 15 is 0 Å². The first kappa shape index (κ1) is 14.2. The molecule has 3 heteroatoms. The van der Waals surface area contributed by atoms with Crippen LogP contribution in [0.3, 0.4) is 0 Å². The van der Waals surface area contributed by atoms with Crippen LogP contribution >= 0.6 is 0 Å². The molecule has 1 heterocycles. The Morgan fingerprint density at radius 2 is 1.94 bits per heavy atom. The molecule has 0 saturated carbocycles. The largest absolute Gasteiger partial charge is 0.308 e. The van der Waals surface area contributed by atoms with Gasteiger partial charge in [-0.1, -0.05) is 20.3 Å². The fourth-order valence-electron chi connectivity index (χ4n) is 1.89. The number of nitrogens with one attached hydrogen (secondary N) is 1. The van der Waals surface area contributed by atoms with Crippen molar-refractivity contribution >= 4 is 0 Å². The fraction of sp³-hybridized carbons (Fsp3) is 0.786. The van der Waals surface area contributed by atoms with Crippen molar-refractivity contribution in [1.29, 1.82) is 0 Å². The van der Waals surface area contributed by atoms with Crippen LogP contribution in [0.15, 0.2) is 6.20 Å². The highest BCUT2D eigenvalue weighted by Gasteiger charge is 2.13. The van der Waals surface area contributed by atoms with E-state index in [1.807, 2.05) is 6.20 Å². The van der Waals surface area contributed by atoms with Gasteiger partial charge in [0, 0.05) is 29.9 Å². The minimum atomic E-state index is 0.163. The van der Waals surface area contributed by atoms with Crippen LogP contribution in [-0.4, -0.2) is 15.3 Å². The zero-order valence-electron chi connectivity index (χ0n) is 12.0. The maximum Gasteiger partial charge on any atom is 0.0537 e. The summed E-state index contributed by atoms with van der Waals surface area (Å²) in [6.07, 6.45) is 5.48. The lowest BCUT2D eigenvalue weighted by atomic mass is 10.1. The second-order valence-corrected chi connectivity index (χ2v) is 5.69. The Bertz CT molecular complexity index is 334. The predicted octanol–water partition coefficient (Wildman–Crippen LogP) is 3.13. The van der Waals surface area contributed by atoms with Gasteiger partial charge in [-0.25, -0.2) is 0 Å². The summed E-state index contributed by atoms with van der Waals surface area (Å²) in [5.41, 5.74) is 2.93. The molecule has 1 aromatic rings. The highest BCUT2D eigenvalue weighted by molar-refractivity contribution is 5.18. The number of aromatic nitrogens is 2. The van der Waals surface area contributed by atoms with Gasteiger partial charge in [0.1, 0.15) is 0 Å². The van der Waals surface area contributed by atoms with Gasteiger partial charge in [0.25, 0.3) is 0 Å². The van der Waals surface area contributed by atoms with Crippen LogP contribution in [0.5, 0.6) is 0 Å². The van der Waals surface area contributed by atoms with E-state index in [2.05, 4.69) is 49.7 Å². The zero-order valence-corrected chi connectivity index (χ0v) is 12.0. The van der Waals surface area contributed by atoms with Crippen molar-refractivity contribution in [1.82, 2.24) is 15.1 Å². The van der Waals surface area contributed by atoms with Crippen molar-refractivity contribution in [2.75, 3.05) is 0 Å². The molecular formula is C14H27N3. The van der Waals surface area contributed by atoms with Crippen LogP contribution in [-0.2, 0) is 19.5 Å². The monoisotopic (exact) mass is 237 g/mol. The third-order valence-corrected chi connectivity index (χ3v) is 2.77. The number of hydrogen-bond donors (Lipinski definition) is 1. The first-order valence-corrected chi connectivity index (χ1v) is 6.76. The average molecular weight is 237 g/mol. The van der Waals surface area contributed by atoms with E-state index in [1.165, 1.54) is 17.7 Å². The summed E-state index contributed by atoms with van der Waals surface area (Å²) in [7, 11) is 0. The smallest absolute Gasteiger partial charge is 0.0537 e. The van der Waals surface area contributed by atoms with E-state index in [0.29, 0.717) is 0 Å². The summed E-state index contributed by atoms with van der Waals surface area (Å²) in [6.45, 7) is 13.0. The van der Waals surface area contributed by atoms with Crippen LogP contribution in [0, 0.1) is 0 Å². The Morgan fingerprint density at radius 3 is 2.47 bits per heavy atom. The van der Waals surface area contributed by atoms with Crippen LogP contribution in [0.4, 0.5) is 0 Å². The average Bonchev–Trinajstić information content (AvgIpc) is 2.59. The van der Waals surface area contributed by atoms with E-state index in [1.54, 1.807) is 0 Å². The Kier molecular flexibility index (Phi) is 5.19. The third-order valence-electron chi connectivity index (χ3n) is 2.77. The van der Waals surface area contributed by atoms with Crippen LogP contribution in [0.1, 0.15) is 58.7 Å². The minimum absolute atomic E-state index is 0.163. The molecule has 0 aliphatic carbocycles. The summed E-state index contributed by atoms with van der Waals surface area (Å²) in [4.78, 5) is 0. The SMILES string of the molecule is CCCc1c(CNC(C)(C)C)cnn1CCC. The molecule has 0 aliphatic rings. The van der Waals surface area contributed by atoms with Crippen molar-refractivity contribution in [2.24, 2.45) is 0 Å². The Morgan fingerprint density at radius 1 is 1.24 bits per heavy atom. The van der Waals surface area contributed by atoms with Gasteiger partial charge in [-0.3, -0.25) is 4.68 Å². The molecule has 0 spiro atoms. The number of hydrogen-bond acceptors (Lipinski definition) is 2. The fourth-order valence-corrected chi connectivity index (χ4v) is 1.89. The van der Waals surface area contributed by atoms with E-state index < -0.39 is 0 Å². The van der Waals surface area contributed by atoms with Gasteiger partial charge in [0.2, 0.25) is 0 Å². The molecule has 0 saturated heterocycles. The lowest BCUT2D eigenvalue weighted by Crippen LogP contribution is -2.35. The molecule has 0 aliphatic heterocycles. The molecule has 17 heavy (non-hydrogen) atoms. The van der Waals surface area contributed by atoms with Gasteiger partial charge in [0.05, 0.1) is 6.20 Å². The number of nitrogens with zero attached hydrogens (tertiary/aromatic N) is 2. The summed E-state index contributed by atoms with van der Waals surface area (Å²) in [5.74, 6) is 0. The van der Waals surface area contributed by atoms with Crippen molar-refractivity contribution in [3.8, 4) is 0 Å². The first-order valence-electron chi connectivity index (χ1n) is 6.76. The van der Waals surface area contributed by atoms with Crippen molar-refractivity contribution in [3.63, 3.8) is 0 Å². The molecule has 1 N–H and O–H groups in total.